The standard InChI is InChI=1S/C13H17BrN2O2S/c1-3-16(7-8(2)12(15)19)13(18)10-6-9(14)4-5-11(10)17/h4-6,8,17H,3,7H2,1-2H3,(H2,15,19). The predicted octanol–water partition coefficient (Wildman–Crippen LogP) is 2.54. The van der Waals surface area contributed by atoms with Crippen molar-refractivity contribution < 1.29 is 9.90 Å². The molecule has 104 valence electrons. The van der Waals surface area contributed by atoms with Crippen LogP contribution in [-0.2, 0) is 0 Å². The number of phenolic OH excluding ortho intramolecular Hbond substituents is 1. The molecule has 0 bridgehead atoms. The number of thiocarbonyl (C=S) groups is 1. The van der Waals surface area contributed by atoms with Gasteiger partial charge in [0, 0.05) is 23.5 Å². The number of hydrogen-bond donors (Lipinski definition) is 2. The van der Waals surface area contributed by atoms with Crippen molar-refractivity contribution in [2.24, 2.45) is 11.7 Å². The highest BCUT2D eigenvalue weighted by Gasteiger charge is 2.20. The van der Waals surface area contributed by atoms with Crippen LogP contribution in [0.1, 0.15) is 24.2 Å². The van der Waals surface area contributed by atoms with Gasteiger partial charge >= 0.3 is 0 Å². The molecule has 0 saturated carbocycles. The van der Waals surface area contributed by atoms with E-state index in [2.05, 4.69) is 15.9 Å². The molecule has 0 saturated heterocycles. The zero-order valence-electron chi connectivity index (χ0n) is 10.9. The highest BCUT2D eigenvalue weighted by molar-refractivity contribution is 9.10. The zero-order chi connectivity index (χ0) is 14.6. The van der Waals surface area contributed by atoms with Crippen LogP contribution in [0, 0.1) is 5.92 Å². The molecule has 3 N–H and O–H groups in total. The summed E-state index contributed by atoms with van der Waals surface area (Å²) in [4.78, 5) is 14.4. The number of benzene rings is 1. The van der Waals surface area contributed by atoms with Gasteiger partial charge in [0.15, 0.2) is 0 Å². The van der Waals surface area contributed by atoms with Crippen molar-refractivity contribution >= 4 is 39.0 Å². The third kappa shape index (κ3) is 4.18. The van der Waals surface area contributed by atoms with Crippen molar-refractivity contribution in [2.75, 3.05) is 13.1 Å². The summed E-state index contributed by atoms with van der Waals surface area (Å²) in [6, 6.07) is 4.77. The van der Waals surface area contributed by atoms with E-state index in [0.29, 0.717) is 18.1 Å². The van der Waals surface area contributed by atoms with Crippen molar-refractivity contribution in [2.45, 2.75) is 13.8 Å². The van der Waals surface area contributed by atoms with Crippen LogP contribution in [0.3, 0.4) is 0 Å². The number of halogens is 1. The second kappa shape index (κ2) is 6.86. The first-order valence-electron chi connectivity index (χ1n) is 5.93. The maximum absolute atomic E-state index is 12.4. The number of carbonyl (C=O) groups excluding carboxylic acids is 1. The number of hydrogen-bond acceptors (Lipinski definition) is 3. The fourth-order valence-electron chi connectivity index (χ4n) is 1.63. The Kier molecular flexibility index (Phi) is 5.75. The van der Waals surface area contributed by atoms with Gasteiger partial charge in [-0.1, -0.05) is 35.1 Å². The molecule has 0 heterocycles. The average Bonchev–Trinajstić information content (AvgIpc) is 2.37. The highest BCUT2D eigenvalue weighted by atomic mass is 79.9. The van der Waals surface area contributed by atoms with Gasteiger partial charge in [0.05, 0.1) is 10.6 Å². The lowest BCUT2D eigenvalue weighted by Gasteiger charge is -2.24. The van der Waals surface area contributed by atoms with E-state index in [1.807, 2.05) is 13.8 Å². The van der Waals surface area contributed by atoms with Gasteiger partial charge in [0.1, 0.15) is 5.75 Å². The van der Waals surface area contributed by atoms with Crippen LogP contribution >= 0.6 is 28.1 Å². The summed E-state index contributed by atoms with van der Waals surface area (Å²) in [5, 5.41) is 9.77. The third-order valence-electron chi connectivity index (χ3n) is 2.84. The minimum Gasteiger partial charge on any atom is -0.507 e. The molecule has 6 heteroatoms. The number of nitrogens with two attached hydrogens (primary N) is 1. The summed E-state index contributed by atoms with van der Waals surface area (Å²) in [7, 11) is 0. The van der Waals surface area contributed by atoms with E-state index >= 15 is 0 Å². The second-order valence-electron chi connectivity index (χ2n) is 4.31. The lowest BCUT2D eigenvalue weighted by molar-refractivity contribution is 0.0752. The van der Waals surface area contributed by atoms with Crippen LogP contribution in [0.25, 0.3) is 0 Å². The van der Waals surface area contributed by atoms with Gasteiger partial charge in [0.25, 0.3) is 5.91 Å². The normalized spacial score (nSPS) is 11.9. The highest BCUT2D eigenvalue weighted by Crippen LogP contribution is 2.23. The van der Waals surface area contributed by atoms with Crippen molar-refractivity contribution in [3.63, 3.8) is 0 Å². The zero-order valence-corrected chi connectivity index (χ0v) is 13.3. The number of amides is 1. The molecule has 0 aromatic heterocycles. The Hall–Kier alpha value is -1.14. The second-order valence-corrected chi connectivity index (χ2v) is 5.70. The Morgan fingerprint density at radius 1 is 1.58 bits per heavy atom. The maximum atomic E-state index is 12.4. The average molecular weight is 345 g/mol. The molecule has 0 aliphatic heterocycles. The Morgan fingerprint density at radius 3 is 2.74 bits per heavy atom. The first-order chi connectivity index (χ1) is 8.86. The summed E-state index contributed by atoms with van der Waals surface area (Å²) in [6.45, 7) is 4.71. The summed E-state index contributed by atoms with van der Waals surface area (Å²) in [5.74, 6) is -0.327. The Morgan fingerprint density at radius 2 is 2.21 bits per heavy atom. The molecule has 0 spiro atoms. The molecule has 1 atom stereocenters. The molecule has 1 unspecified atom stereocenters. The third-order valence-corrected chi connectivity index (χ3v) is 3.73. The van der Waals surface area contributed by atoms with Crippen molar-refractivity contribution in [1.82, 2.24) is 4.90 Å². The first-order valence-corrected chi connectivity index (χ1v) is 7.14. The van der Waals surface area contributed by atoms with Gasteiger partial charge in [-0.3, -0.25) is 4.79 Å². The van der Waals surface area contributed by atoms with E-state index in [9.17, 15) is 9.90 Å². The minimum atomic E-state index is -0.232. The number of rotatable bonds is 5. The van der Waals surface area contributed by atoms with Crippen molar-refractivity contribution in [3.05, 3.63) is 28.2 Å². The lowest BCUT2D eigenvalue weighted by Crippen LogP contribution is -2.38. The number of nitrogens with zero attached hydrogens (tertiary/aromatic N) is 1. The van der Waals surface area contributed by atoms with E-state index in [1.54, 1.807) is 17.0 Å². The van der Waals surface area contributed by atoms with E-state index in [4.69, 9.17) is 18.0 Å². The van der Waals surface area contributed by atoms with Gasteiger partial charge in [-0.05, 0) is 25.1 Å². The summed E-state index contributed by atoms with van der Waals surface area (Å²) < 4.78 is 0.743. The Bertz CT molecular complexity index is 494. The van der Waals surface area contributed by atoms with Gasteiger partial charge < -0.3 is 15.7 Å². The van der Waals surface area contributed by atoms with Gasteiger partial charge in [-0.25, -0.2) is 0 Å². The van der Waals surface area contributed by atoms with E-state index in [0.717, 1.165) is 4.47 Å². The summed E-state index contributed by atoms with van der Waals surface area (Å²) >= 11 is 8.20. The Labute approximate surface area is 126 Å². The topological polar surface area (TPSA) is 66.6 Å². The molecular weight excluding hydrogens is 328 g/mol. The number of aromatic hydroxyl groups is 1. The predicted molar refractivity (Wildman–Crippen MR) is 83.3 cm³/mol. The molecule has 1 rings (SSSR count). The summed E-state index contributed by atoms with van der Waals surface area (Å²) in [6.07, 6.45) is 0. The van der Waals surface area contributed by atoms with Crippen LogP contribution in [-0.4, -0.2) is 34.0 Å². The molecule has 0 radical (unpaired) electrons. The molecule has 0 aliphatic carbocycles. The minimum absolute atomic E-state index is 0.0328. The quantitative estimate of drug-likeness (QED) is 0.805. The molecule has 1 aromatic carbocycles. The first kappa shape index (κ1) is 15.9. The van der Waals surface area contributed by atoms with Crippen molar-refractivity contribution in [3.8, 4) is 5.75 Å². The van der Waals surface area contributed by atoms with Gasteiger partial charge in [-0.15, -0.1) is 0 Å². The monoisotopic (exact) mass is 344 g/mol. The molecule has 0 fully saturated rings. The molecular formula is C13H17BrN2O2S. The molecule has 1 amide bonds. The van der Waals surface area contributed by atoms with Gasteiger partial charge in [0.2, 0.25) is 0 Å². The fraction of sp³-hybridized carbons (Fsp3) is 0.385. The van der Waals surface area contributed by atoms with Crippen LogP contribution in [0.2, 0.25) is 0 Å². The lowest BCUT2D eigenvalue weighted by atomic mass is 10.1. The summed E-state index contributed by atoms with van der Waals surface area (Å²) in [5.41, 5.74) is 5.84. The molecule has 4 nitrogen and oxygen atoms in total. The van der Waals surface area contributed by atoms with Crippen LogP contribution < -0.4 is 5.73 Å². The largest absolute Gasteiger partial charge is 0.507 e. The van der Waals surface area contributed by atoms with Gasteiger partial charge in [-0.2, -0.15) is 0 Å². The smallest absolute Gasteiger partial charge is 0.257 e. The molecule has 19 heavy (non-hydrogen) atoms. The fourth-order valence-corrected chi connectivity index (χ4v) is 2.06. The maximum Gasteiger partial charge on any atom is 0.257 e. The van der Waals surface area contributed by atoms with Crippen LogP contribution in [0.15, 0.2) is 22.7 Å². The SMILES string of the molecule is CCN(CC(C)C(N)=S)C(=O)c1cc(Br)ccc1O. The van der Waals surface area contributed by atoms with Crippen molar-refractivity contribution in [1.29, 1.82) is 0 Å². The van der Waals surface area contributed by atoms with E-state index < -0.39 is 0 Å². The Balaban J connectivity index is 2.95. The van der Waals surface area contributed by atoms with E-state index in [-0.39, 0.29) is 23.1 Å². The number of carbonyl (C=O) groups is 1. The molecule has 0 aliphatic rings. The van der Waals surface area contributed by atoms with Crippen LogP contribution in [0.5, 0.6) is 5.75 Å². The van der Waals surface area contributed by atoms with Crippen LogP contribution in [0.4, 0.5) is 0 Å². The molecule has 1 aromatic rings. The van der Waals surface area contributed by atoms with E-state index in [1.165, 1.54) is 6.07 Å². The number of phenols is 1.